The van der Waals surface area contributed by atoms with E-state index in [1.165, 1.54) is 0 Å². The number of aromatic hydroxyl groups is 3. The third kappa shape index (κ3) is 2.19. The molecule has 1 heterocycles. The zero-order valence-electron chi connectivity index (χ0n) is 4.18. The first-order chi connectivity index (χ1) is 4.18. The molecule has 0 atom stereocenters. The van der Waals surface area contributed by atoms with Crippen molar-refractivity contribution < 1.29 is 15.3 Å². The second-order valence-corrected chi connectivity index (χ2v) is 1.24. The average Bonchev–Trinajstić information content (AvgIpc) is 1.59. The van der Waals surface area contributed by atoms with Gasteiger partial charge in [0.2, 0.25) is 0 Å². The Kier molecular flexibility index (Phi) is 3.09. The molecule has 0 radical (unpaired) electrons. The van der Waals surface area contributed by atoms with Gasteiger partial charge in [0.05, 0.1) is 0 Å². The summed E-state index contributed by atoms with van der Waals surface area (Å²) in [5.41, 5.74) is 0. The van der Waals surface area contributed by atoms with Gasteiger partial charge in [-0.3, -0.25) is 0 Å². The number of rotatable bonds is 0. The van der Waals surface area contributed by atoms with E-state index in [1.54, 1.807) is 0 Å². The lowest BCUT2D eigenvalue weighted by Crippen LogP contribution is -1.85. The van der Waals surface area contributed by atoms with Crippen LogP contribution in [-0.2, 0) is 0 Å². The topological polar surface area (TPSA) is 99.4 Å². The Bertz CT molecular complexity index is 180. The molecule has 0 spiro atoms. The standard InChI is InChI=1S/C3H3N3O3.Mg.2H/c7-1-4-2(8)6-3(9)5-1;;;/h(H3,4,5,6,7,8,9);;;. The molecule has 0 aliphatic rings. The van der Waals surface area contributed by atoms with Crippen molar-refractivity contribution in [1.29, 1.82) is 0 Å². The van der Waals surface area contributed by atoms with Gasteiger partial charge >= 0.3 is 41.1 Å². The van der Waals surface area contributed by atoms with Crippen LogP contribution in [-0.4, -0.2) is 53.3 Å². The molecule has 0 aliphatic carbocycles. The second-order valence-electron chi connectivity index (χ2n) is 1.24. The van der Waals surface area contributed by atoms with Crippen LogP contribution in [0.5, 0.6) is 18.0 Å². The van der Waals surface area contributed by atoms with Crippen molar-refractivity contribution in [2.24, 2.45) is 0 Å². The fraction of sp³-hybridized carbons (Fsp3) is 0. The SMILES string of the molecule is Oc1nc(O)nc(O)n1.[MgH2]. The lowest BCUT2D eigenvalue weighted by atomic mass is 10.9. The maximum atomic E-state index is 8.41. The van der Waals surface area contributed by atoms with Crippen molar-refractivity contribution >= 4 is 23.1 Å². The van der Waals surface area contributed by atoms with E-state index in [0.29, 0.717) is 0 Å². The van der Waals surface area contributed by atoms with E-state index in [1.807, 2.05) is 0 Å². The summed E-state index contributed by atoms with van der Waals surface area (Å²) in [6.07, 6.45) is 0. The Morgan fingerprint density at radius 3 is 1.10 bits per heavy atom. The summed E-state index contributed by atoms with van der Waals surface area (Å²) in [5, 5.41) is 25.2. The van der Waals surface area contributed by atoms with Gasteiger partial charge in [-0.15, -0.1) is 15.0 Å². The highest BCUT2D eigenvalue weighted by Crippen LogP contribution is 2.08. The molecular formula is C3H5MgN3O3. The summed E-state index contributed by atoms with van der Waals surface area (Å²) in [6.45, 7) is 0. The Labute approximate surface area is 71.7 Å². The number of hydrogen-bond donors (Lipinski definition) is 3. The van der Waals surface area contributed by atoms with Gasteiger partial charge in [-0.25, -0.2) is 0 Å². The van der Waals surface area contributed by atoms with Gasteiger partial charge in [0.1, 0.15) is 0 Å². The van der Waals surface area contributed by atoms with Gasteiger partial charge in [0.15, 0.2) is 0 Å². The fourth-order valence-corrected chi connectivity index (χ4v) is 0.343. The maximum Gasteiger partial charge on any atom is 0.323 e. The largest absolute Gasteiger partial charge is 0.479 e. The van der Waals surface area contributed by atoms with Crippen molar-refractivity contribution in [1.82, 2.24) is 15.0 Å². The van der Waals surface area contributed by atoms with Crippen LogP contribution in [0.4, 0.5) is 0 Å². The van der Waals surface area contributed by atoms with Crippen LogP contribution in [0.2, 0.25) is 0 Å². The van der Waals surface area contributed by atoms with E-state index in [2.05, 4.69) is 15.0 Å². The van der Waals surface area contributed by atoms with Crippen molar-refractivity contribution in [3.05, 3.63) is 0 Å². The summed E-state index contributed by atoms with van der Waals surface area (Å²) in [7, 11) is 0. The van der Waals surface area contributed by atoms with Crippen molar-refractivity contribution in [2.75, 3.05) is 0 Å². The Hall–Kier alpha value is -0.824. The average molecular weight is 155 g/mol. The molecule has 0 fully saturated rings. The number of nitrogens with zero attached hydrogens (tertiary/aromatic N) is 3. The lowest BCUT2D eigenvalue weighted by Gasteiger charge is -1.90. The molecule has 0 unspecified atom stereocenters. The van der Waals surface area contributed by atoms with Gasteiger partial charge in [-0.2, -0.15) is 0 Å². The van der Waals surface area contributed by atoms with Crippen molar-refractivity contribution in [3.63, 3.8) is 0 Å². The lowest BCUT2D eigenvalue weighted by molar-refractivity contribution is 0.344. The molecule has 1 aromatic rings. The second kappa shape index (κ2) is 3.37. The molecule has 7 heteroatoms. The number of hydrogen-bond acceptors (Lipinski definition) is 6. The first-order valence-electron chi connectivity index (χ1n) is 2.01. The fourth-order valence-electron chi connectivity index (χ4n) is 0.343. The zero-order valence-corrected chi connectivity index (χ0v) is 4.18. The molecule has 0 aromatic carbocycles. The van der Waals surface area contributed by atoms with Gasteiger partial charge in [0.25, 0.3) is 0 Å². The molecule has 1 aromatic heterocycles. The minimum absolute atomic E-state index is 0. The first kappa shape index (κ1) is 9.18. The Balaban J connectivity index is 0.000000810. The normalized spacial score (nSPS) is 8.40. The molecule has 3 N–H and O–H groups in total. The van der Waals surface area contributed by atoms with Crippen LogP contribution in [0.15, 0.2) is 0 Å². The molecule has 6 nitrogen and oxygen atoms in total. The molecule has 1 rings (SSSR count). The molecule has 10 heavy (non-hydrogen) atoms. The van der Waals surface area contributed by atoms with Crippen LogP contribution in [0.1, 0.15) is 0 Å². The highest BCUT2D eigenvalue weighted by atomic mass is 24.3. The zero-order chi connectivity index (χ0) is 6.85. The molecular weight excluding hydrogens is 150 g/mol. The maximum absolute atomic E-state index is 8.41. The highest BCUT2D eigenvalue weighted by Gasteiger charge is 1.99. The van der Waals surface area contributed by atoms with Gasteiger partial charge in [-0.05, 0) is 0 Å². The summed E-state index contributed by atoms with van der Waals surface area (Å²) >= 11 is 0. The predicted octanol–water partition coefficient (Wildman–Crippen LogP) is -1.93. The van der Waals surface area contributed by atoms with E-state index in [-0.39, 0.29) is 23.1 Å². The molecule has 0 amide bonds. The van der Waals surface area contributed by atoms with E-state index in [0.717, 1.165) is 0 Å². The van der Waals surface area contributed by atoms with E-state index >= 15 is 0 Å². The van der Waals surface area contributed by atoms with Gasteiger partial charge in [0, 0.05) is 0 Å². The smallest absolute Gasteiger partial charge is 0.323 e. The Morgan fingerprint density at radius 2 is 0.900 bits per heavy atom. The molecule has 0 saturated heterocycles. The first-order valence-corrected chi connectivity index (χ1v) is 2.01. The molecule has 0 bridgehead atoms. The van der Waals surface area contributed by atoms with Crippen LogP contribution >= 0.6 is 0 Å². The van der Waals surface area contributed by atoms with E-state index in [4.69, 9.17) is 15.3 Å². The number of aromatic nitrogens is 3. The molecule has 52 valence electrons. The van der Waals surface area contributed by atoms with Crippen molar-refractivity contribution in [3.8, 4) is 18.0 Å². The van der Waals surface area contributed by atoms with E-state index in [9.17, 15) is 0 Å². The minimum atomic E-state index is -0.708. The quantitative estimate of drug-likeness (QED) is 0.378. The van der Waals surface area contributed by atoms with Gasteiger partial charge in [-0.1, -0.05) is 0 Å². The van der Waals surface area contributed by atoms with Crippen LogP contribution < -0.4 is 0 Å². The predicted molar refractivity (Wildman–Crippen MR) is 33.4 cm³/mol. The molecule has 0 aliphatic heterocycles. The molecule has 0 saturated carbocycles. The highest BCUT2D eigenvalue weighted by molar-refractivity contribution is 5.75. The van der Waals surface area contributed by atoms with Gasteiger partial charge < -0.3 is 15.3 Å². The summed E-state index contributed by atoms with van der Waals surface area (Å²) in [5.74, 6) is 0. The summed E-state index contributed by atoms with van der Waals surface area (Å²) in [6, 6.07) is -2.12. The third-order valence-corrected chi connectivity index (χ3v) is 0.600. The van der Waals surface area contributed by atoms with E-state index < -0.39 is 18.0 Å². The third-order valence-electron chi connectivity index (χ3n) is 0.600. The Morgan fingerprint density at radius 1 is 0.700 bits per heavy atom. The van der Waals surface area contributed by atoms with Crippen LogP contribution in [0, 0.1) is 0 Å². The van der Waals surface area contributed by atoms with Crippen molar-refractivity contribution in [2.45, 2.75) is 0 Å². The monoisotopic (exact) mass is 155 g/mol. The van der Waals surface area contributed by atoms with Crippen LogP contribution in [0.25, 0.3) is 0 Å². The summed E-state index contributed by atoms with van der Waals surface area (Å²) in [4.78, 5) is 8.89. The summed E-state index contributed by atoms with van der Waals surface area (Å²) < 4.78 is 0. The van der Waals surface area contributed by atoms with Crippen LogP contribution in [0.3, 0.4) is 0 Å². The minimum Gasteiger partial charge on any atom is -0.479 e.